The lowest BCUT2D eigenvalue weighted by atomic mass is 9.92. The van der Waals surface area contributed by atoms with Crippen LogP contribution in [0.15, 0.2) is 54.6 Å². The molecule has 0 heterocycles. The van der Waals surface area contributed by atoms with Gasteiger partial charge in [0.2, 0.25) is 0 Å². The summed E-state index contributed by atoms with van der Waals surface area (Å²) in [4.78, 5) is 24.1. The van der Waals surface area contributed by atoms with Crippen LogP contribution in [0.4, 0.5) is 0 Å². The number of ether oxygens (including phenoxy) is 1. The van der Waals surface area contributed by atoms with Gasteiger partial charge in [-0.1, -0.05) is 44.2 Å². The maximum atomic E-state index is 12.1. The molecule has 3 nitrogen and oxygen atoms in total. The van der Waals surface area contributed by atoms with E-state index in [1.54, 1.807) is 7.11 Å². The highest BCUT2D eigenvalue weighted by Crippen LogP contribution is 2.34. The van der Waals surface area contributed by atoms with Crippen molar-refractivity contribution >= 4 is 22.3 Å². The van der Waals surface area contributed by atoms with Gasteiger partial charge in [0, 0.05) is 12.8 Å². The summed E-state index contributed by atoms with van der Waals surface area (Å²) in [5, 5.41) is 2.15. The van der Waals surface area contributed by atoms with Crippen LogP contribution in [0.2, 0.25) is 0 Å². The Morgan fingerprint density at radius 2 is 1.43 bits per heavy atom. The predicted octanol–water partition coefficient (Wildman–Crippen LogP) is 5.65. The molecule has 1 aliphatic carbocycles. The molecule has 1 saturated carbocycles. The van der Waals surface area contributed by atoms with Crippen molar-refractivity contribution in [2.45, 2.75) is 38.5 Å². The van der Waals surface area contributed by atoms with Gasteiger partial charge in [-0.15, -0.1) is 0 Å². The van der Waals surface area contributed by atoms with E-state index < -0.39 is 5.92 Å². The number of hydrogen-bond acceptors (Lipinski definition) is 3. The van der Waals surface area contributed by atoms with Crippen molar-refractivity contribution in [3.8, 4) is 16.9 Å². The Balaban J connectivity index is 1.73. The van der Waals surface area contributed by atoms with E-state index in [9.17, 15) is 9.59 Å². The number of fused-ring (bicyclic) bond motifs is 1. The molecule has 0 aliphatic heterocycles. The van der Waals surface area contributed by atoms with Crippen molar-refractivity contribution in [1.82, 2.24) is 0 Å². The molecular formula is C25H24O3. The van der Waals surface area contributed by atoms with Crippen molar-refractivity contribution in [3.05, 3.63) is 65.7 Å². The van der Waals surface area contributed by atoms with Gasteiger partial charge in [-0.05, 0) is 63.2 Å². The molecule has 3 heteroatoms. The van der Waals surface area contributed by atoms with E-state index in [1.807, 2.05) is 24.3 Å². The Morgan fingerprint density at radius 1 is 0.821 bits per heavy atom. The number of carbonyl (C=O) groups excluding carboxylic acids is 2. The first kappa shape index (κ1) is 18.4. The van der Waals surface area contributed by atoms with Gasteiger partial charge in [-0.25, -0.2) is 0 Å². The lowest BCUT2D eigenvalue weighted by molar-refractivity contribution is -0.123. The fourth-order valence-electron chi connectivity index (χ4n) is 4.07. The zero-order chi connectivity index (χ0) is 19.8. The third-order valence-electron chi connectivity index (χ3n) is 5.64. The standard InChI is InChI=1S/C25H24O3/c1-15(2)21-14-19(8-11-24(21)28-3)17-4-5-18-13-20(7-6-16(18)12-17)25-22(26)9-10-23(25)27/h4-8,11-15,25H,9-10H2,1-3H3. The van der Waals surface area contributed by atoms with Gasteiger partial charge in [-0.2, -0.15) is 0 Å². The minimum Gasteiger partial charge on any atom is -0.496 e. The topological polar surface area (TPSA) is 43.4 Å². The van der Waals surface area contributed by atoms with Gasteiger partial charge in [0.05, 0.1) is 7.11 Å². The Labute approximate surface area is 165 Å². The summed E-state index contributed by atoms with van der Waals surface area (Å²) in [5.74, 6) is 0.801. The van der Waals surface area contributed by atoms with Crippen molar-refractivity contribution < 1.29 is 14.3 Å². The maximum absolute atomic E-state index is 12.1. The first-order chi connectivity index (χ1) is 13.5. The van der Waals surface area contributed by atoms with Crippen LogP contribution in [-0.4, -0.2) is 18.7 Å². The second-order valence-corrected chi connectivity index (χ2v) is 7.80. The number of carbonyl (C=O) groups is 2. The molecule has 28 heavy (non-hydrogen) atoms. The minimum absolute atomic E-state index is 0.0421. The van der Waals surface area contributed by atoms with Crippen LogP contribution in [0.5, 0.6) is 5.75 Å². The zero-order valence-electron chi connectivity index (χ0n) is 16.5. The fraction of sp³-hybridized carbons (Fsp3) is 0.280. The number of hydrogen-bond donors (Lipinski definition) is 0. The number of methoxy groups -OCH3 is 1. The summed E-state index contributed by atoms with van der Waals surface area (Å²) in [7, 11) is 1.70. The van der Waals surface area contributed by atoms with Crippen LogP contribution < -0.4 is 4.74 Å². The molecule has 0 spiro atoms. The molecular weight excluding hydrogens is 348 g/mol. The van der Waals surface area contributed by atoms with Crippen LogP contribution in [0, 0.1) is 0 Å². The van der Waals surface area contributed by atoms with Gasteiger partial charge >= 0.3 is 0 Å². The van der Waals surface area contributed by atoms with Crippen LogP contribution >= 0.6 is 0 Å². The average Bonchev–Trinajstić information content (AvgIpc) is 3.04. The van der Waals surface area contributed by atoms with E-state index in [-0.39, 0.29) is 11.6 Å². The molecule has 4 rings (SSSR count). The summed E-state index contributed by atoms with van der Waals surface area (Å²) < 4.78 is 5.49. The zero-order valence-corrected chi connectivity index (χ0v) is 16.5. The molecule has 1 fully saturated rings. The largest absolute Gasteiger partial charge is 0.496 e. The molecule has 0 unspecified atom stereocenters. The lowest BCUT2D eigenvalue weighted by Crippen LogP contribution is -2.11. The Bertz CT molecular complexity index is 1060. The number of ketones is 2. The highest BCUT2D eigenvalue weighted by atomic mass is 16.5. The van der Waals surface area contributed by atoms with Crippen molar-refractivity contribution in [2.24, 2.45) is 0 Å². The van der Waals surface area contributed by atoms with E-state index in [4.69, 9.17) is 4.74 Å². The fourth-order valence-corrected chi connectivity index (χ4v) is 4.07. The molecule has 0 aromatic heterocycles. The quantitative estimate of drug-likeness (QED) is 0.556. The average molecular weight is 372 g/mol. The maximum Gasteiger partial charge on any atom is 0.148 e. The normalized spacial score (nSPS) is 15.0. The number of rotatable bonds is 4. The van der Waals surface area contributed by atoms with Crippen LogP contribution in [-0.2, 0) is 9.59 Å². The molecule has 0 radical (unpaired) electrons. The Hall–Kier alpha value is -2.94. The summed E-state index contributed by atoms with van der Waals surface area (Å²) >= 11 is 0. The van der Waals surface area contributed by atoms with Gasteiger partial charge in [-0.3, -0.25) is 9.59 Å². The summed E-state index contributed by atoms with van der Waals surface area (Å²) in [6.45, 7) is 4.32. The van der Waals surface area contributed by atoms with E-state index in [0.29, 0.717) is 18.8 Å². The number of benzene rings is 3. The minimum atomic E-state index is -0.570. The van der Waals surface area contributed by atoms with Crippen LogP contribution in [0.25, 0.3) is 21.9 Å². The smallest absolute Gasteiger partial charge is 0.148 e. The van der Waals surface area contributed by atoms with E-state index in [2.05, 4.69) is 44.2 Å². The predicted molar refractivity (Wildman–Crippen MR) is 112 cm³/mol. The molecule has 0 amide bonds. The lowest BCUT2D eigenvalue weighted by Gasteiger charge is -2.14. The van der Waals surface area contributed by atoms with Crippen molar-refractivity contribution in [2.75, 3.05) is 7.11 Å². The molecule has 0 atom stereocenters. The molecule has 0 N–H and O–H groups in total. The molecule has 0 bridgehead atoms. The third-order valence-corrected chi connectivity index (χ3v) is 5.64. The van der Waals surface area contributed by atoms with Crippen LogP contribution in [0.1, 0.15) is 49.7 Å². The third kappa shape index (κ3) is 3.22. The second kappa shape index (κ2) is 7.23. The summed E-state index contributed by atoms with van der Waals surface area (Å²) in [6.07, 6.45) is 0.742. The van der Waals surface area contributed by atoms with E-state index >= 15 is 0 Å². The van der Waals surface area contributed by atoms with E-state index in [0.717, 1.165) is 33.2 Å². The van der Waals surface area contributed by atoms with Gasteiger partial charge in [0.25, 0.3) is 0 Å². The Morgan fingerprint density at radius 3 is 2.11 bits per heavy atom. The molecule has 3 aromatic carbocycles. The van der Waals surface area contributed by atoms with Gasteiger partial charge in [0.15, 0.2) is 0 Å². The Kier molecular flexibility index (Phi) is 4.76. The highest BCUT2D eigenvalue weighted by molar-refractivity contribution is 6.13. The van der Waals surface area contributed by atoms with Gasteiger partial charge < -0.3 is 4.74 Å². The van der Waals surface area contributed by atoms with E-state index in [1.165, 1.54) is 5.56 Å². The molecule has 3 aromatic rings. The summed E-state index contributed by atoms with van der Waals surface area (Å²) in [6, 6.07) is 18.5. The summed E-state index contributed by atoms with van der Waals surface area (Å²) in [5.41, 5.74) is 4.29. The molecule has 1 aliphatic rings. The molecule has 0 saturated heterocycles. The molecule has 142 valence electrons. The second-order valence-electron chi connectivity index (χ2n) is 7.80. The highest BCUT2D eigenvalue weighted by Gasteiger charge is 2.34. The van der Waals surface area contributed by atoms with Crippen molar-refractivity contribution in [1.29, 1.82) is 0 Å². The first-order valence-electron chi connectivity index (χ1n) is 9.75. The first-order valence-corrected chi connectivity index (χ1v) is 9.75. The SMILES string of the molecule is COc1ccc(-c2ccc3cc(C4C(=O)CCC4=O)ccc3c2)cc1C(C)C. The number of Topliss-reactive ketones (excluding diaryl/α,β-unsaturated/α-hetero) is 2. The van der Waals surface area contributed by atoms with Crippen LogP contribution in [0.3, 0.4) is 0 Å². The van der Waals surface area contributed by atoms with Gasteiger partial charge in [0.1, 0.15) is 23.2 Å². The monoisotopic (exact) mass is 372 g/mol. The van der Waals surface area contributed by atoms with Crippen molar-refractivity contribution in [3.63, 3.8) is 0 Å².